The molecule has 2 fully saturated rings. The van der Waals surface area contributed by atoms with Crippen LogP contribution in [0, 0.1) is 17.0 Å². The van der Waals surface area contributed by atoms with Crippen molar-refractivity contribution >= 4 is 10.8 Å². The summed E-state index contributed by atoms with van der Waals surface area (Å²) in [5.74, 6) is 0.555. The third-order valence-electron chi connectivity index (χ3n) is 4.41. The number of piperidine rings is 1. The second-order valence-corrected chi connectivity index (χ2v) is 7.45. The van der Waals surface area contributed by atoms with Crippen LogP contribution in [0.25, 0.3) is 0 Å². The molecular formula is C15H19F2NO2S. The fourth-order valence-electron chi connectivity index (χ4n) is 3.06. The van der Waals surface area contributed by atoms with Crippen molar-refractivity contribution < 1.29 is 17.7 Å². The van der Waals surface area contributed by atoms with E-state index >= 15 is 0 Å². The van der Waals surface area contributed by atoms with Gasteiger partial charge in [-0.15, -0.1) is 0 Å². The van der Waals surface area contributed by atoms with Crippen molar-refractivity contribution in [1.29, 1.82) is 0 Å². The summed E-state index contributed by atoms with van der Waals surface area (Å²) in [5, 5.41) is 0. The molecule has 0 aromatic heterocycles. The molecule has 1 aromatic carbocycles. The Hall–Kier alpha value is -1.01. The van der Waals surface area contributed by atoms with Gasteiger partial charge in [0.2, 0.25) is 0 Å². The molecule has 0 radical (unpaired) electrons. The molecule has 0 bridgehead atoms. The third-order valence-corrected chi connectivity index (χ3v) is 6.28. The molecule has 0 aliphatic carbocycles. The maximum Gasteiger partial charge on any atom is 0.167 e. The summed E-state index contributed by atoms with van der Waals surface area (Å²) in [6, 6.07) is 3.34. The van der Waals surface area contributed by atoms with Gasteiger partial charge in [0.05, 0.1) is 0 Å². The van der Waals surface area contributed by atoms with E-state index in [4.69, 9.17) is 4.74 Å². The van der Waals surface area contributed by atoms with Crippen LogP contribution >= 0.6 is 0 Å². The van der Waals surface area contributed by atoms with Crippen LogP contribution in [0.4, 0.5) is 8.78 Å². The summed E-state index contributed by atoms with van der Waals surface area (Å²) in [6.07, 6.45) is 2.17. The van der Waals surface area contributed by atoms with Gasteiger partial charge in [-0.2, -0.15) is 0 Å². The molecule has 0 unspecified atom stereocenters. The van der Waals surface area contributed by atoms with Gasteiger partial charge in [-0.25, -0.2) is 8.78 Å². The maximum atomic E-state index is 13.4. The zero-order chi connectivity index (χ0) is 14.9. The molecule has 0 amide bonds. The van der Waals surface area contributed by atoms with Gasteiger partial charge in [-0.1, -0.05) is 0 Å². The van der Waals surface area contributed by atoms with Crippen LogP contribution in [0.2, 0.25) is 0 Å². The summed E-state index contributed by atoms with van der Waals surface area (Å²) < 4.78 is 42.8. The third kappa shape index (κ3) is 3.43. The number of nitrogens with zero attached hydrogens (tertiary/aromatic N) is 1. The van der Waals surface area contributed by atoms with E-state index in [0.717, 1.165) is 50.0 Å². The van der Waals surface area contributed by atoms with Crippen LogP contribution in [0.3, 0.4) is 0 Å². The van der Waals surface area contributed by atoms with Gasteiger partial charge >= 0.3 is 0 Å². The molecule has 1 spiro atoms. The van der Waals surface area contributed by atoms with Crippen molar-refractivity contribution in [3.05, 3.63) is 29.8 Å². The highest BCUT2D eigenvalue weighted by atomic mass is 32.2. The molecule has 0 atom stereocenters. The maximum absolute atomic E-state index is 13.4. The fraction of sp³-hybridized carbons (Fsp3) is 0.600. The Labute approximate surface area is 125 Å². The van der Waals surface area contributed by atoms with E-state index in [1.165, 1.54) is 12.1 Å². The Kier molecular flexibility index (Phi) is 4.26. The van der Waals surface area contributed by atoms with Gasteiger partial charge in [-0.05, 0) is 43.5 Å². The fourth-order valence-corrected chi connectivity index (χ4v) is 4.92. The second kappa shape index (κ2) is 6.01. The average Bonchev–Trinajstić information content (AvgIpc) is 2.42. The Bertz CT molecular complexity index is 534. The first-order chi connectivity index (χ1) is 10.1. The van der Waals surface area contributed by atoms with E-state index in [2.05, 4.69) is 4.90 Å². The molecule has 21 heavy (non-hydrogen) atoms. The molecular weight excluding hydrogens is 296 g/mol. The second-order valence-electron chi connectivity index (χ2n) is 5.99. The predicted molar refractivity (Wildman–Crippen MR) is 77.8 cm³/mol. The van der Waals surface area contributed by atoms with Crippen molar-refractivity contribution in [2.45, 2.75) is 12.8 Å². The summed E-state index contributed by atoms with van der Waals surface area (Å²) in [6.45, 7) is 3.08. The van der Waals surface area contributed by atoms with Gasteiger partial charge in [0, 0.05) is 34.9 Å². The molecule has 3 nitrogen and oxygen atoms in total. The molecule has 3 rings (SSSR count). The minimum Gasteiger partial charge on any atom is -0.489 e. The van der Waals surface area contributed by atoms with Gasteiger partial charge in [0.15, 0.2) is 11.6 Å². The number of hydrogen-bond donors (Lipinski definition) is 0. The van der Waals surface area contributed by atoms with E-state index in [0.29, 0.717) is 12.0 Å². The lowest BCUT2D eigenvalue weighted by Crippen LogP contribution is -2.52. The van der Waals surface area contributed by atoms with Crippen molar-refractivity contribution in [3.63, 3.8) is 0 Å². The molecule has 0 N–H and O–H groups in total. The van der Waals surface area contributed by atoms with Crippen LogP contribution in [-0.2, 0) is 10.8 Å². The van der Waals surface area contributed by atoms with E-state index in [1.54, 1.807) is 0 Å². The smallest absolute Gasteiger partial charge is 0.167 e. The minimum absolute atomic E-state index is 0.0965. The number of ether oxygens (including phenoxy) is 1. The van der Waals surface area contributed by atoms with Gasteiger partial charge < -0.3 is 4.74 Å². The van der Waals surface area contributed by atoms with Gasteiger partial charge in [0.25, 0.3) is 0 Å². The normalized spacial score (nSPS) is 22.2. The van der Waals surface area contributed by atoms with Crippen LogP contribution < -0.4 is 4.74 Å². The van der Waals surface area contributed by atoms with Crippen LogP contribution in [0.1, 0.15) is 12.8 Å². The molecule has 2 heterocycles. The molecule has 0 saturated carbocycles. The SMILES string of the molecule is O=S1CC2(CCN(CCOc3ccc(F)cc3F)CC2)C1. The first-order valence-corrected chi connectivity index (χ1v) is 8.70. The first kappa shape index (κ1) is 14.9. The van der Waals surface area contributed by atoms with Crippen LogP contribution in [0.15, 0.2) is 18.2 Å². The first-order valence-electron chi connectivity index (χ1n) is 7.22. The Morgan fingerprint density at radius 3 is 2.57 bits per heavy atom. The highest BCUT2D eigenvalue weighted by molar-refractivity contribution is 7.86. The van der Waals surface area contributed by atoms with Crippen LogP contribution in [-0.4, -0.2) is 46.9 Å². The number of benzene rings is 1. The zero-order valence-corrected chi connectivity index (χ0v) is 12.6. The number of likely N-dealkylation sites (tertiary alicyclic amines) is 1. The molecule has 1 aromatic rings. The summed E-state index contributed by atoms with van der Waals surface area (Å²) in [5.41, 5.74) is 0.325. The summed E-state index contributed by atoms with van der Waals surface area (Å²) >= 11 is 0. The van der Waals surface area contributed by atoms with E-state index in [-0.39, 0.29) is 5.75 Å². The lowest BCUT2D eigenvalue weighted by Gasteiger charge is -2.46. The summed E-state index contributed by atoms with van der Waals surface area (Å²) in [4.78, 5) is 2.29. The standard InChI is InChI=1S/C15H19F2NO2S/c16-12-1-2-14(13(17)9-12)20-8-7-18-5-3-15(4-6-18)10-21(19)11-15/h1-2,9H,3-8,10-11H2. The highest BCUT2D eigenvalue weighted by Crippen LogP contribution is 2.40. The van der Waals surface area contributed by atoms with E-state index in [1.807, 2.05) is 0 Å². The van der Waals surface area contributed by atoms with Crippen molar-refractivity contribution in [2.75, 3.05) is 37.7 Å². The molecule has 2 aliphatic heterocycles. The Morgan fingerprint density at radius 1 is 1.24 bits per heavy atom. The minimum atomic E-state index is -0.662. The highest BCUT2D eigenvalue weighted by Gasteiger charge is 2.44. The largest absolute Gasteiger partial charge is 0.489 e. The molecule has 2 saturated heterocycles. The zero-order valence-electron chi connectivity index (χ0n) is 11.8. The lowest BCUT2D eigenvalue weighted by atomic mass is 9.81. The Morgan fingerprint density at radius 2 is 1.95 bits per heavy atom. The lowest BCUT2D eigenvalue weighted by molar-refractivity contribution is 0.112. The quantitative estimate of drug-likeness (QED) is 0.853. The van der Waals surface area contributed by atoms with Crippen molar-refractivity contribution in [1.82, 2.24) is 4.90 Å². The predicted octanol–water partition coefficient (Wildman–Crippen LogP) is 2.19. The number of rotatable bonds is 4. The van der Waals surface area contributed by atoms with Crippen molar-refractivity contribution in [2.24, 2.45) is 5.41 Å². The Balaban J connectivity index is 1.41. The van der Waals surface area contributed by atoms with Gasteiger partial charge in [-0.3, -0.25) is 9.11 Å². The van der Waals surface area contributed by atoms with E-state index < -0.39 is 22.4 Å². The monoisotopic (exact) mass is 315 g/mol. The molecule has 2 aliphatic rings. The molecule has 6 heteroatoms. The van der Waals surface area contributed by atoms with Crippen LogP contribution in [0.5, 0.6) is 5.75 Å². The topological polar surface area (TPSA) is 29.5 Å². The van der Waals surface area contributed by atoms with Crippen molar-refractivity contribution in [3.8, 4) is 5.75 Å². The van der Waals surface area contributed by atoms with E-state index in [9.17, 15) is 13.0 Å². The van der Waals surface area contributed by atoms with Gasteiger partial charge in [0.1, 0.15) is 12.4 Å². The molecule has 116 valence electrons. The number of hydrogen-bond acceptors (Lipinski definition) is 3. The summed E-state index contributed by atoms with van der Waals surface area (Å²) in [7, 11) is -0.591. The number of halogens is 2. The average molecular weight is 315 g/mol.